The molecule has 6 fully saturated rings. The maximum absolute atomic E-state index is 13.3. The zero-order valence-corrected chi connectivity index (χ0v) is 60.0. The zero-order chi connectivity index (χ0) is 74.0. The van der Waals surface area contributed by atoms with E-state index in [0.717, 1.165) is 150 Å². The Labute approximate surface area is 613 Å². The number of nitrogens with one attached hydrogen (secondary N) is 2. The van der Waals surface area contributed by atoms with E-state index in [0.29, 0.717) is 52.5 Å². The number of amides is 8. The van der Waals surface area contributed by atoms with Crippen molar-refractivity contribution in [3.8, 4) is 22.3 Å². The van der Waals surface area contributed by atoms with Crippen molar-refractivity contribution in [2.45, 2.75) is 141 Å². The smallest absolute Gasteiger partial charge is 0.262 e. The number of fused-ring (bicyclic) bond motifs is 2. The van der Waals surface area contributed by atoms with Gasteiger partial charge < -0.3 is 47.8 Å². The number of aryl methyl sites for hydroxylation is 6. The molecule has 0 spiro atoms. The third-order valence-corrected chi connectivity index (χ3v) is 22.0. The van der Waals surface area contributed by atoms with Crippen LogP contribution in [0.2, 0.25) is 0 Å². The Morgan fingerprint density at radius 1 is 0.491 bits per heavy atom. The third kappa shape index (κ3) is 13.1. The Hall–Kier alpha value is -11.6. The number of imide groups is 4. The van der Waals surface area contributed by atoms with Crippen LogP contribution in [0.15, 0.2) is 130 Å². The molecule has 2 saturated carbocycles. The van der Waals surface area contributed by atoms with Crippen molar-refractivity contribution in [1.82, 2.24) is 30.7 Å². The zero-order valence-electron chi connectivity index (χ0n) is 60.0. The number of ether oxygens (including phenoxy) is 2. The van der Waals surface area contributed by atoms with E-state index >= 15 is 0 Å². The Bertz CT molecular complexity index is 4660. The van der Waals surface area contributed by atoms with Gasteiger partial charge in [0.2, 0.25) is 23.6 Å². The van der Waals surface area contributed by atoms with Crippen LogP contribution in [0.4, 0.5) is 34.1 Å². The number of piperidine rings is 2. The molecule has 4 saturated heterocycles. The molecule has 6 aliphatic heterocycles. The average molecular weight is 1430 g/mol. The summed E-state index contributed by atoms with van der Waals surface area (Å²) < 4.78 is 23.6. The Morgan fingerprint density at radius 3 is 1.21 bits per heavy atom. The SMILES string of the molecule is [C-]#[N+]C1(c2ccc(N(CCCOC3CN(c4ccc5c(c4)C(=O)N(C4CCC(=O)NC4=O)C5=O)C3)c3cc(-c4c(C)noc4C)ccc3C)cc2)CC1.[C-]#[N+]C1(c2ccc(N(CCCOC3CN(c4ccc5c(c4)C(=O)N(C4CCC(=O)NC4=O)C5=O)C3)c3cc(-c4c(C)noc4C)ccc3C)cc2)CC1. The molecule has 106 heavy (non-hydrogen) atoms. The van der Waals surface area contributed by atoms with Crippen molar-refractivity contribution < 1.29 is 56.9 Å². The minimum absolute atomic E-state index is 0.0150. The third-order valence-electron chi connectivity index (χ3n) is 22.0. The second-order valence-corrected chi connectivity index (χ2v) is 28.9. The average Bonchev–Trinajstić information content (AvgIpc) is 1.61. The van der Waals surface area contributed by atoms with Gasteiger partial charge in [-0.1, -0.05) is 34.6 Å². The van der Waals surface area contributed by atoms with Crippen LogP contribution in [0.3, 0.4) is 0 Å². The lowest BCUT2D eigenvalue weighted by molar-refractivity contribution is -0.137. The maximum Gasteiger partial charge on any atom is 0.262 e. The van der Waals surface area contributed by atoms with E-state index in [-0.39, 0.29) is 71.2 Å². The van der Waals surface area contributed by atoms with Crippen molar-refractivity contribution in [3.63, 3.8) is 0 Å². The number of benzene rings is 6. The quantitative estimate of drug-likeness (QED) is 0.0363. The predicted octanol–water partition coefficient (Wildman–Crippen LogP) is 12.0. The number of nitrogens with zero attached hydrogens (tertiary/aromatic N) is 10. The first-order valence-corrected chi connectivity index (χ1v) is 36.2. The first-order chi connectivity index (χ1) is 51.1. The van der Waals surface area contributed by atoms with E-state index in [1.165, 1.54) is 0 Å². The van der Waals surface area contributed by atoms with E-state index in [4.69, 9.17) is 31.7 Å². The molecule has 2 unspecified atom stereocenters. The standard InChI is InChI=1S/2C41H40N6O6/c2*1-24-6-7-27(37-25(2)44-53-26(37)3)20-35(24)46(29-10-8-28(9-11-29)41(42-4)16-17-41)18-5-19-52-31-22-45(23-31)30-12-13-32-33(21-30)40(51)47(39(32)50)34-14-15-36(48)43-38(34)49/h2*6-13,20-21,31,34H,5,14-19,22-23H2,1-3H3,(H,43,48,49). The van der Waals surface area contributed by atoms with Crippen molar-refractivity contribution in [3.05, 3.63) is 212 Å². The van der Waals surface area contributed by atoms with Gasteiger partial charge in [0.05, 0.1) is 45.8 Å². The second-order valence-electron chi connectivity index (χ2n) is 28.9. The van der Waals surface area contributed by atoms with Gasteiger partial charge in [0.15, 0.2) is 0 Å². The van der Waals surface area contributed by atoms with E-state index in [1.54, 1.807) is 24.3 Å². The molecular formula is C82H80N12O12. The van der Waals surface area contributed by atoms with Crippen LogP contribution in [0, 0.1) is 54.7 Å². The van der Waals surface area contributed by atoms with Gasteiger partial charge in [0.25, 0.3) is 34.7 Å². The lowest BCUT2D eigenvalue weighted by Gasteiger charge is -2.41. The summed E-state index contributed by atoms with van der Waals surface area (Å²) in [6.45, 7) is 32.5. The summed E-state index contributed by atoms with van der Waals surface area (Å²) in [6.07, 6.45) is 5.59. The highest BCUT2D eigenvalue weighted by molar-refractivity contribution is 6.25. The highest BCUT2D eigenvalue weighted by Gasteiger charge is 2.54. The van der Waals surface area contributed by atoms with Crippen LogP contribution in [-0.2, 0) is 39.7 Å². The molecule has 540 valence electrons. The summed E-state index contributed by atoms with van der Waals surface area (Å²) in [5, 5.41) is 12.8. The molecular weight excluding hydrogens is 1340 g/mol. The summed E-state index contributed by atoms with van der Waals surface area (Å²) in [7, 11) is 0. The number of anilines is 6. The largest absolute Gasteiger partial charge is 0.374 e. The van der Waals surface area contributed by atoms with Gasteiger partial charge in [-0.2, -0.15) is 0 Å². The fourth-order valence-electron chi connectivity index (χ4n) is 15.5. The van der Waals surface area contributed by atoms with Gasteiger partial charge in [-0.3, -0.25) is 58.8 Å². The summed E-state index contributed by atoms with van der Waals surface area (Å²) >= 11 is 0. The molecule has 16 rings (SSSR count). The van der Waals surface area contributed by atoms with Crippen LogP contribution in [0.25, 0.3) is 31.9 Å². The molecule has 8 aliphatic rings. The molecule has 24 heteroatoms. The Kier molecular flexibility index (Phi) is 18.6. The fourth-order valence-corrected chi connectivity index (χ4v) is 15.5. The summed E-state index contributed by atoms with van der Waals surface area (Å²) in [6, 6.07) is 38.1. The molecule has 6 aromatic carbocycles. The first kappa shape index (κ1) is 70.1. The fraction of sp³-hybridized carbons (Fsp3) is 0.366. The van der Waals surface area contributed by atoms with Crippen molar-refractivity contribution in [2.24, 2.45) is 0 Å². The van der Waals surface area contributed by atoms with E-state index < -0.39 is 59.3 Å². The minimum atomic E-state index is -0.991. The van der Waals surface area contributed by atoms with Gasteiger partial charge in [-0.05, 0) is 187 Å². The molecule has 0 radical (unpaired) electrons. The highest BCUT2D eigenvalue weighted by atomic mass is 16.5. The molecule has 2 atom stereocenters. The molecule has 2 aromatic heterocycles. The van der Waals surface area contributed by atoms with Gasteiger partial charge in [0.1, 0.15) is 23.6 Å². The van der Waals surface area contributed by atoms with Gasteiger partial charge in [-0.25, -0.2) is 13.1 Å². The topological polar surface area (TPSA) is 259 Å². The monoisotopic (exact) mass is 1420 g/mol. The molecule has 0 bridgehead atoms. The predicted molar refractivity (Wildman–Crippen MR) is 394 cm³/mol. The molecule has 2 N–H and O–H groups in total. The summed E-state index contributed by atoms with van der Waals surface area (Å²) in [5.41, 5.74) is 16.4. The minimum Gasteiger partial charge on any atom is -0.374 e. The van der Waals surface area contributed by atoms with Gasteiger partial charge in [0, 0.05) is 147 Å². The van der Waals surface area contributed by atoms with Gasteiger partial charge in [-0.15, -0.1) is 0 Å². The molecule has 8 heterocycles. The number of hydrogen-bond acceptors (Lipinski definition) is 18. The number of aromatic nitrogens is 2. The first-order valence-electron chi connectivity index (χ1n) is 36.2. The maximum atomic E-state index is 13.3. The van der Waals surface area contributed by atoms with Crippen LogP contribution < -0.4 is 30.2 Å². The normalized spacial score (nSPS) is 19.2. The lowest BCUT2D eigenvalue weighted by Crippen LogP contribution is -2.54. The van der Waals surface area contributed by atoms with Crippen molar-refractivity contribution in [1.29, 1.82) is 0 Å². The Balaban J connectivity index is 0.000000170. The van der Waals surface area contributed by atoms with Crippen LogP contribution in [0.1, 0.15) is 151 Å². The number of hydrogen-bond donors (Lipinski definition) is 2. The van der Waals surface area contributed by atoms with E-state index in [2.05, 4.69) is 149 Å². The van der Waals surface area contributed by atoms with Crippen molar-refractivity contribution >= 4 is 81.4 Å². The molecule has 8 amide bonds. The molecule has 24 nitrogen and oxygen atoms in total. The lowest BCUT2D eigenvalue weighted by atomic mass is 10.00. The van der Waals surface area contributed by atoms with E-state index in [1.807, 2.05) is 39.8 Å². The Morgan fingerprint density at radius 2 is 0.868 bits per heavy atom. The number of rotatable bonds is 22. The van der Waals surface area contributed by atoms with Crippen molar-refractivity contribution in [2.75, 3.05) is 72.1 Å². The number of carbonyl (C=O) groups is 8. The van der Waals surface area contributed by atoms with Crippen LogP contribution >= 0.6 is 0 Å². The van der Waals surface area contributed by atoms with Crippen LogP contribution in [0.5, 0.6) is 0 Å². The van der Waals surface area contributed by atoms with E-state index in [9.17, 15) is 38.4 Å². The molecule has 2 aliphatic carbocycles. The second kappa shape index (κ2) is 28.1. The van der Waals surface area contributed by atoms with Crippen LogP contribution in [-0.4, -0.2) is 144 Å². The summed E-state index contributed by atoms with van der Waals surface area (Å²) in [5.74, 6) is -2.55. The highest BCUT2D eigenvalue weighted by Crippen LogP contribution is 2.51. The van der Waals surface area contributed by atoms with Gasteiger partial charge >= 0.3 is 0 Å². The summed E-state index contributed by atoms with van der Waals surface area (Å²) in [4.78, 5) is 119. The molecule has 8 aromatic rings. The number of carbonyl (C=O) groups excluding carboxylic acids is 8.